The van der Waals surface area contributed by atoms with Gasteiger partial charge in [-0.25, -0.2) is 0 Å². The fourth-order valence-electron chi connectivity index (χ4n) is 2.09. The molecule has 0 amide bonds. The minimum atomic E-state index is 0.0506. The zero-order valence-corrected chi connectivity index (χ0v) is 12.9. The van der Waals surface area contributed by atoms with Gasteiger partial charge in [0.05, 0.1) is 0 Å². The molecule has 0 atom stereocenters. The summed E-state index contributed by atoms with van der Waals surface area (Å²) in [5.74, 6) is 0.0506. The van der Waals surface area contributed by atoms with E-state index in [2.05, 4.69) is 0 Å². The molecule has 0 aliphatic carbocycles. The number of benzene rings is 2. The summed E-state index contributed by atoms with van der Waals surface area (Å²) in [6.45, 7) is 2.18. The second-order valence-electron chi connectivity index (χ2n) is 4.67. The molecule has 0 aromatic heterocycles. The molecule has 4 heteroatoms. The first kappa shape index (κ1) is 14.9. The Bertz CT molecular complexity index is 640. The van der Waals surface area contributed by atoms with Crippen molar-refractivity contribution >= 4 is 34.7 Å². The van der Waals surface area contributed by atoms with E-state index in [0.717, 1.165) is 11.3 Å². The van der Waals surface area contributed by atoms with Crippen molar-refractivity contribution < 1.29 is 4.79 Å². The molecule has 2 aromatic carbocycles. The molecule has 2 nitrogen and oxygen atoms in total. The summed E-state index contributed by atoms with van der Waals surface area (Å²) in [4.78, 5) is 13.7. The molecule has 0 heterocycles. The molecule has 0 N–H and O–H groups in total. The third kappa shape index (κ3) is 3.33. The summed E-state index contributed by atoms with van der Waals surface area (Å²) in [5, 5.41) is 1.25. The van der Waals surface area contributed by atoms with Crippen LogP contribution in [0.2, 0.25) is 10.0 Å². The van der Waals surface area contributed by atoms with Crippen LogP contribution in [0, 0.1) is 0 Å². The Hall–Kier alpha value is -1.51. The van der Waals surface area contributed by atoms with Crippen LogP contribution in [0.5, 0.6) is 0 Å². The maximum absolute atomic E-state index is 11.7. The Labute approximate surface area is 128 Å². The maximum atomic E-state index is 11.7. The number of rotatable bonds is 4. The van der Waals surface area contributed by atoms with E-state index in [1.165, 1.54) is 0 Å². The van der Waals surface area contributed by atoms with E-state index in [1.807, 2.05) is 48.3 Å². The van der Waals surface area contributed by atoms with Crippen LogP contribution in [0.15, 0.2) is 42.5 Å². The number of carbonyl (C=O) groups excluding carboxylic acids is 1. The molecule has 0 aliphatic heterocycles. The fourth-order valence-corrected chi connectivity index (χ4v) is 2.56. The lowest BCUT2D eigenvalue weighted by atomic mass is 10.1. The molecular weight excluding hydrogens is 293 g/mol. The molecule has 0 fully saturated rings. The van der Waals surface area contributed by atoms with E-state index in [-0.39, 0.29) is 5.78 Å². The van der Waals surface area contributed by atoms with E-state index >= 15 is 0 Å². The molecule has 2 rings (SSSR count). The molecule has 20 heavy (non-hydrogen) atoms. The van der Waals surface area contributed by atoms with Gasteiger partial charge in [-0.3, -0.25) is 4.79 Å². The van der Waals surface area contributed by atoms with Crippen molar-refractivity contribution in [3.63, 3.8) is 0 Å². The van der Waals surface area contributed by atoms with Crippen molar-refractivity contribution in [1.29, 1.82) is 0 Å². The number of hydrogen-bond donors (Lipinski definition) is 0. The van der Waals surface area contributed by atoms with E-state index < -0.39 is 0 Å². The second kappa shape index (κ2) is 6.29. The highest BCUT2D eigenvalue weighted by Crippen LogP contribution is 2.26. The van der Waals surface area contributed by atoms with E-state index in [4.69, 9.17) is 23.2 Å². The Morgan fingerprint density at radius 2 is 1.85 bits per heavy atom. The predicted molar refractivity (Wildman–Crippen MR) is 85.0 cm³/mol. The van der Waals surface area contributed by atoms with Gasteiger partial charge in [-0.1, -0.05) is 41.4 Å². The van der Waals surface area contributed by atoms with Gasteiger partial charge in [0.2, 0.25) is 0 Å². The topological polar surface area (TPSA) is 20.3 Å². The standard InChI is InChI=1S/C16H15Cl2NO/c1-11(20)14-5-3-4-6-16(14)19(2)10-12-7-8-13(17)9-15(12)18/h3-9H,10H2,1-2H3. The smallest absolute Gasteiger partial charge is 0.161 e. The van der Waals surface area contributed by atoms with Crippen molar-refractivity contribution in [1.82, 2.24) is 0 Å². The lowest BCUT2D eigenvalue weighted by molar-refractivity contribution is 0.101. The minimum absolute atomic E-state index is 0.0506. The van der Waals surface area contributed by atoms with Crippen LogP contribution in [-0.4, -0.2) is 12.8 Å². The van der Waals surface area contributed by atoms with Crippen molar-refractivity contribution in [2.24, 2.45) is 0 Å². The quantitative estimate of drug-likeness (QED) is 0.754. The Balaban J connectivity index is 2.28. The minimum Gasteiger partial charge on any atom is -0.370 e. The molecule has 0 radical (unpaired) electrons. The Kier molecular flexibility index (Phi) is 4.69. The van der Waals surface area contributed by atoms with Crippen molar-refractivity contribution in [3.05, 3.63) is 63.6 Å². The van der Waals surface area contributed by atoms with Crippen LogP contribution in [0.3, 0.4) is 0 Å². The third-order valence-corrected chi connectivity index (χ3v) is 3.70. The predicted octanol–water partition coefficient (Wildman–Crippen LogP) is 4.83. The third-order valence-electron chi connectivity index (χ3n) is 3.12. The molecule has 2 aromatic rings. The normalized spacial score (nSPS) is 10.4. The van der Waals surface area contributed by atoms with Gasteiger partial charge in [-0.05, 0) is 36.8 Å². The number of Topliss-reactive ketones (excluding diaryl/α,β-unsaturated/α-hetero) is 1. The summed E-state index contributed by atoms with van der Waals surface area (Å²) in [7, 11) is 1.94. The monoisotopic (exact) mass is 307 g/mol. The SMILES string of the molecule is CC(=O)c1ccccc1N(C)Cc1ccc(Cl)cc1Cl. The lowest BCUT2D eigenvalue weighted by Crippen LogP contribution is -2.19. The summed E-state index contributed by atoms with van der Waals surface area (Å²) < 4.78 is 0. The number of anilines is 1. The first-order valence-corrected chi connectivity index (χ1v) is 6.99. The second-order valence-corrected chi connectivity index (χ2v) is 5.51. The molecule has 0 saturated heterocycles. The molecular formula is C16H15Cl2NO. The average molecular weight is 308 g/mol. The summed E-state index contributed by atoms with van der Waals surface area (Å²) in [6.07, 6.45) is 0. The number of hydrogen-bond acceptors (Lipinski definition) is 2. The van der Waals surface area contributed by atoms with Gasteiger partial charge in [0, 0.05) is 34.9 Å². The molecule has 0 unspecified atom stereocenters. The number of carbonyl (C=O) groups is 1. The van der Waals surface area contributed by atoms with Crippen LogP contribution < -0.4 is 4.90 Å². The summed E-state index contributed by atoms with van der Waals surface area (Å²) >= 11 is 12.1. The van der Waals surface area contributed by atoms with Gasteiger partial charge < -0.3 is 4.90 Å². The first-order valence-electron chi connectivity index (χ1n) is 6.24. The summed E-state index contributed by atoms with van der Waals surface area (Å²) in [6, 6.07) is 13.0. The van der Waals surface area contributed by atoms with Crippen LogP contribution in [0.25, 0.3) is 0 Å². The van der Waals surface area contributed by atoms with E-state index in [0.29, 0.717) is 22.2 Å². The molecule has 0 saturated carbocycles. The lowest BCUT2D eigenvalue weighted by Gasteiger charge is -2.22. The van der Waals surface area contributed by atoms with E-state index in [1.54, 1.807) is 13.0 Å². The fraction of sp³-hybridized carbons (Fsp3) is 0.188. The summed E-state index contributed by atoms with van der Waals surface area (Å²) in [5.41, 5.74) is 2.57. The number of nitrogens with zero attached hydrogens (tertiary/aromatic N) is 1. The Morgan fingerprint density at radius 1 is 1.15 bits per heavy atom. The van der Waals surface area contributed by atoms with Crippen molar-refractivity contribution in [2.75, 3.05) is 11.9 Å². The molecule has 0 spiro atoms. The van der Waals surface area contributed by atoms with Crippen LogP contribution in [0.4, 0.5) is 5.69 Å². The zero-order valence-electron chi connectivity index (χ0n) is 11.4. The van der Waals surface area contributed by atoms with Gasteiger partial charge >= 0.3 is 0 Å². The van der Waals surface area contributed by atoms with Crippen LogP contribution in [-0.2, 0) is 6.54 Å². The number of halogens is 2. The van der Waals surface area contributed by atoms with Gasteiger partial charge in [-0.2, -0.15) is 0 Å². The average Bonchev–Trinajstić information content (AvgIpc) is 2.41. The zero-order chi connectivity index (χ0) is 14.7. The van der Waals surface area contributed by atoms with Gasteiger partial charge in [-0.15, -0.1) is 0 Å². The number of ketones is 1. The van der Waals surface area contributed by atoms with Gasteiger partial charge in [0.1, 0.15) is 0 Å². The van der Waals surface area contributed by atoms with Crippen molar-refractivity contribution in [3.8, 4) is 0 Å². The van der Waals surface area contributed by atoms with Crippen LogP contribution >= 0.6 is 23.2 Å². The largest absolute Gasteiger partial charge is 0.370 e. The van der Waals surface area contributed by atoms with Crippen LogP contribution in [0.1, 0.15) is 22.8 Å². The number of para-hydroxylation sites is 1. The van der Waals surface area contributed by atoms with E-state index in [9.17, 15) is 4.79 Å². The molecule has 0 bridgehead atoms. The van der Waals surface area contributed by atoms with Gasteiger partial charge in [0.25, 0.3) is 0 Å². The highest BCUT2D eigenvalue weighted by atomic mass is 35.5. The van der Waals surface area contributed by atoms with Crippen molar-refractivity contribution in [2.45, 2.75) is 13.5 Å². The molecule has 0 aliphatic rings. The highest BCUT2D eigenvalue weighted by molar-refractivity contribution is 6.35. The maximum Gasteiger partial charge on any atom is 0.161 e. The highest BCUT2D eigenvalue weighted by Gasteiger charge is 2.12. The first-order chi connectivity index (χ1) is 9.49. The van der Waals surface area contributed by atoms with Gasteiger partial charge in [0.15, 0.2) is 5.78 Å². The molecule has 104 valence electrons. The Morgan fingerprint density at radius 3 is 2.50 bits per heavy atom.